The Balaban J connectivity index is 2.30. The molecule has 92 valence electrons. The van der Waals surface area contributed by atoms with Crippen LogP contribution in [-0.4, -0.2) is 30.3 Å². The van der Waals surface area contributed by atoms with Crippen molar-refractivity contribution in [1.29, 1.82) is 0 Å². The van der Waals surface area contributed by atoms with Crippen LogP contribution in [0.1, 0.15) is 15.9 Å². The number of halogens is 3. The second-order valence-electron chi connectivity index (χ2n) is 3.75. The SMILES string of the molecule is O=C1c2cccc(SCl)c2CCN1CC(F)F. The fourth-order valence-electron chi connectivity index (χ4n) is 1.96. The highest BCUT2D eigenvalue weighted by atomic mass is 35.7. The van der Waals surface area contributed by atoms with Crippen molar-refractivity contribution in [3.05, 3.63) is 29.3 Å². The van der Waals surface area contributed by atoms with Gasteiger partial charge in [-0.3, -0.25) is 4.79 Å². The van der Waals surface area contributed by atoms with Crippen LogP contribution < -0.4 is 0 Å². The van der Waals surface area contributed by atoms with Crippen LogP contribution >= 0.6 is 21.7 Å². The van der Waals surface area contributed by atoms with Gasteiger partial charge >= 0.3 is 0 Å². The van der Waals surface area contributed by atoms with Gasteiger partial charge in [-0.05, 0) is 45.8 Å². The Bertz CT molecular complexity index is 441. The van der Waals surface area contributed by atoms with Crippen LogP contribution in [0.25, 0.3) is 0 Å². The molecule has 1 aliphatic rings. The molecule has 1 heterocycles. The molecule has 0 radical (unpaired) electrons. The van der Waals surface area contributed by atoms with E-state index in [-0.39, 0.29) is 5.91 Å². The molecule has 0 N–H and O–H groups in total. The quantitative estimate of drug-likeness (QED) is 0.846. The minimum atomic E-state index is -2.49. The van der Waals surface area contributed by atoms with E-state index in [9.17, 15) is 13.6 Å². The van der Waals surface area contributed by atoms with Gasteiger partial charge in [0.25, 0.3) is 12.3 Å². The molecular formula is C11H10ClF2NOS. The van der Waals surface area contributed by atoms with Gasteiger partial charge < -0.3 is 4.90 Å². The van der Waals surface area contributed by atoms with Gasteiger partial charge in [0.1, 0.15) is 0 Å². The van der Waals surface area contributed by atoms with Crippen LogP contribution in [-0.2, 0) is 6.42 Å². The second-order valence-corrected chi connectivity index (χ2v) is 4.81. The highest BCUT2D eigenvalue weighted by Crippen LogP contribution is 2.31. The fraction of sp³-hybridized carbons (Fsp3) is 0.364. The summed E-state index contributed by atoms with van der Waals surface area (Å²) in [6, 6.07) is 5.20. The third-order valence-corrected chi connectivity index (χ3v) is 3.77. The van der Waals surface area contributed by atoms with E-state index >= 15 is 0 Å². The van der Waals surface area contributed by atoms with Gasteiger partial charge in [0.05, 0.1) is 6.54 Å². The zero-order valence-electron chi connectivity index (χ0n) is 8.83. The first-order valence-corrected chi connectivity index (χ1v) is 6.75. The van der Waals surface area contributed by atoms with Crippen LogP contribution in [0.2, 0.25) is 0 Å². The maximum absolute atomic E-state index is 12.3. The number of alkyl halides is 2. The van der Waals surface area contributed by atoms with E-state index in [1.807, 2.05) is 6.07 Å². The van der Waals surface area contributed by atoms with E-state index in [1.165, 1.54) is 4.90 Å². The first-order valence-electron chi connectivity index (χ1n) is 5.11. The third kappa shape index (κ3) is 2.55. The van der Waals surface area contributed by atoms with Crippen molar-refractivity contribution in [2.75, 3.05) is 13.1 Å². The van der Waals surface area contributed by atoms with E-state index in [0.29, 0.717) is 18.5 Å². The summed E-state index contributed by atoms with van der Waals surface area (Å²) in [4.78, 5) is 14.0. The maximum Gasteiger partial charge on any atom is 0.255 e. The lowest BCUT2D eigenvalue weighted by Crippen LogP contribution is -2.40. The highest BCUT2D eigenvalue weighted by Gasteiger charge is 2.27. The number of nitrogens with zero attached hydrogens (tertiary/aromatic N) is 1. The normalized spacial score (nSPS) is 15.3. The van der Waals surface area contributed by atoms with Crippen LogP contribution in [0.15, 0.2) is 23.1 Å². The molecule has 0 spiro atoms. The molecule has 1 aromatic rings. The number of hydrogen-bond acceptors (Lipinski definition) is 2. The number of hydrogen-bond donors (Lipinski definition) is 0. The molecule has 1 aliphatic heterocycles. The van der Waals surface area contributed by atoms with Crippen molar-refractivity contribution in [3.63, 3.8) is 0 Å². The predicted molar refractivity (Wildman–Crippen MR) is 63.8 cm³/mol. The molecule has 0 unspecified atom stereocenters. The number of benzene rings is 1. The molecule has 0 saturated heterocycles. The summed E-state index contributed by atoms with van der Waals surface area (Å²) in [6.07, 6.45) is -1.92. The molecule has 1 amide bonds. The lowest BCUT2D eigenvalue weighted by molar-refractivity contribution is 0.0536. The molecular weight excluding hydrogens is 268 g/mol. The summed E-state index contributed by atoms with van der Waals surface area (Å²) in [6.45, 7) is -0.179. The molecule has 0 fully saturated rings. The fourth-order valence-corrected chi connectivity index (χ4v) is 2.82. The predicted octanol–water partition coefficient (Wildman–Crippen LogP) is 3.20. The zero-order chi connectivity index (χ0) is 12.4. The molecule has 0 saturated carbocycles. The van der Waals surface area contributed by atoms with Gasteiger partial charge in [0, 0.05) is 17.0 Å². The van der Waals surface area contributed by atoms with Crippen LogP contribution in [0, 0.1) is 0 Å². The van der Waals surface area contributed by atoms with Gasteiger partial charge in [-0.25, -0.2) is 8.78 Å². The van der Waals surface area contributed by atoms with Crippen LogP contribution in [0.4, 0.5) is 8.78 Å². The number of rotatable bonds is 3. The van der Waals surface area contributed by atoms with Crippen molar-refractivity contribution >= 4 is 27.6 Å². The lowest BCUT2D eigenvalue weighted by Gasteiger charge is -2.29. The van der Waals surface area contributed by atoms with Crippen molar-refractivity contribution < 1.29 is 13.6 Å². The van der Waals surface area contributed by atoms with Crippen LogP contribution in [0.3, 0.4) is 0 Å². The minimum Gasteiger partial charge on any atom is -0.333 e. The highest BCUT2D eigenvalue weighted by molar-refractivity contribution is 8.21. The van der Waals surface area contributed by atoms with E-state index in [4.69, 9.17) is 10.7 Å². The number of fused-ring (bicyclic) bond motifs is 1. The molecule has 0 atom stereocenters. The van der Waals surface area contributed by atoms with E-state index < -0.39 is 13.0 Å². The largest absolute Gasteiger partial charge is 0.333 e. The van der Waals surface area contributed by atoms with Crippen LogP contribution in [0.5, 0.6) is 0 Å². The van der Waals surface area contributed by atoms with Gasteiger partial charge in [-0.15, -0.1) is 0 Å². The second kappa shape index (κ2) is 5.23. The molecule has 0 aliphatic carbocycles. The first kappa shape index (κ1) is 12.6. The van der Waals surface area contributed by atoms with Gasteiger partial charge in [-0.1, -0.05) is 6.07 Å². The molecule has 2 rings (SSSR count). The average molecular weight is 278 g/mol. The lowest BCUT2D eigenvalue weighted by atomic mass is 9.99. The standard InChI is InChI=1S/C11H10ClF2NOS/c12-17-9-3-1-2-8-7(9)4-5-15(11(8)16)6-10(13)14/h1-3,10H,4-6H2. The first-order chi connectivity index (χ1) is 8.13. The summed E-state index contributed by atoms with van der Waals surface area (Å²) in [5.74, 6) is -0.334. The molecule has 1 aromatic carbocycles. The minimum absolute atomic E-state index is 0.324. The number of amides is 1. The van der Waals surface area contributed by atoms with E-state index in [1.54, 1.807) is 12.1 Å². The number of carbonyl (C=O) groups is 1. The van der Waals surface area contributed by atoms with Crippen molar-refractivity contribution in [3.8, 4) is 0 Å². The summed E-state index contributed by atoms with van der Waals surface area (Å²) in [5, 5.41) is 0. The van der Waals surface area contributed by atoms with Gasteiger partial charge in [0.15, 0.2) is 0 Å². The maximum atomic E-state index is 12.3. The molecule has 2 nitrogen and oxygen atoms in total. The smallest absolute Gasteiger partial charge is 0.255 e. The molecule has 17 heavy (non-hydrogen) atoms. The van der Waals surface area contributed by atoms with Crippen molar-refractivity contribution in [2.24, 2.45) is 0 Å². The number of carbonyl (C=O) groups excluding carboxylic acids is 1. The van der Waals surface area contributed by atoms with Gasteiger partial charge in [-0.2, -0.15) is 0 Å². The average Bonchev–Trinajstić information content (AvgIpc) is 2.31. The summed E-state index contributed by atoms with van der Waals surface area (Å²) in [7, 11) is 6.76. The Morgan fingerprint density at radius 2 is 2.24 bits per heavy atom. The Hall–Kier alpha value is -0.810. The Labute approximate surface area is 106 Å². The Kier molecular flexibility index (Phi) is 3.89. The zero-order valence-corrected chi connectivity index (χ0v) is 10.4. The van der Waals surface area contributed by atoms with E-state index in [0.717, 1.165) is 21.4 Å². The third-order valence-electron chi connectivity index (χ3n) is 2.72. The van der Waals surface area contributed by atoms with Crippen molar-refractivity contribution in [2.45, 2.75) is 17.7 Å². The summed E-state index contributed by atoms with van der Waals surface area (Å²) < 4.78 is 24.6. The van der Waals surface area contributed by atoms with Crippen molar-refractivity contribution in [1.82, 2.24) is 4.90 Å². The Morgan fingerprint density at radius 1 is 1.47 bits per heavy atom. The summed E-state index contributed by atoms with van der Waals surface area (Å²) in [5.41, 5.74) is 1.35. The van der Waals surface area contributed by atoms with Gasteiger partial charge in [0.2, 0.25) is 0 Å². The monoisotopic (exact) mass is 277 g/mol. The molecule has 0 aromatic heterocycles. The van der Waals surface area contributed by atoms with E-state index in [2.05, 4.69) is 0 Å². The molecule has 0 bridgehead atoms. The topological polar surface area (TPSA) is 20.3 Å². The molecule has 6 heteroatoms. The Morgan fingerprint density at radius 3 is 2.88 bits per heavy atom. The summed E-state index contributed by atoms with van der Waals surface area (Å²) >= 11 is 0.